The van der Waals surface area contributed by atoms with Crippen LogP contribution in [0.25, 0.3) is 11.1 Å². The minimum absolute atomic E-state index is 0.337. The zero-order valence-electron chi connectivity index (χ0n) is 9.48. The molecule has 0 fully saturated rings. The van der Waals surface area contributed by atoms with Crippen molar-refractivity contribution in [3.05, 3.63) is 48.3 Å². The Kier molecular flexibility index (Phi) is 3.28. The topological polar surface area (TPSA) is 29.5 Å². The van der Waals surface area contributed by atoms with Crippen LogP contribution < -0.4 is 4.74 Å². The van der Waals surface area contributed by atoms with E-state index >= 15 is 0 Å². The van der Waals surface area contributed by atoms with Gasteiger partial charge in [-0.15, -0.1) is 0 Å². The van der Waals surface area contributed by atoms with Gasteiger partial charge < -0.3 is 9.84 Å². The van der Waals surface area contributed by atoms with Gasteiger partial charge in [0.1, 0.15) is 5.75 Å². The number of hydrogen-bond acceptors (Lipinski definition) is 2. The lowest BCUT2D eigenvalue weighted by atomic mass is 10.1. The minimum Gasteiger partial charge on any atom is -0.505 e. The summed E-state index contributed by atoms with van der Waals surface area (Å²) in [6, 6.07) is 11.7. The Balaban J connectivity index is 2.30. The lowest BCUT2D eigenvalue weighted by Crippen LogP contribution is -1.90. The van der Waals surface area contributed by atoms with Gasteiger partial charge in [-0.05, 0) is 42.3 Å². The molecule has 0 aliphatic carbocycles. The van der Waals surface area contributed by atoms with Gasteiger partial charge in [-0.2, -0.15) is 0 Å². The first-order chi connectivity index (χ1) is 8.20. The molecule has 1 N–H and O–H groups in total. The Labute approximate surface area is 99.3 Å². The fraction of sp³-hybridized carbons (Fsp3) is 0.143. The van der Waals surface area contributed by atoms with Crippen molar-refractivity contribution in [3.8, 4) is 22.6 Å². The van der Waals surface area contributed by atoms with Crippen LogP contribution in [0, 0.1) is 5.82 Å². The Hall–Kier alpha value is -2.03. The SMILES string of the molecule is CCOc1ccc(-c2ccc(F)c(O)c2)cc1. The van der Waals surface area contributed by atoms with Crippen LogP contribution in [0.1, 0.15) is 6.92 Å². The van der Waals surface area contributed by atoms with Crippen LogP contribution >= 0.6 is 0 Å². The average molecular weight is 232 g/mol. The molecule has 0 atom stereocenters. The van der Waals surface area contributed by atoms with Crippen molar-refractivity contribution in [3.63, 3.8) is 0 Å². The van der Waals surface area contributed by atoms with E-state index < -0.39 is 5.82 Å². The number of phenols is 1. The van der Waals surface area contributed by atoms with Crippen LogP contribution in [0.4, 0.5) is 4.39 Å². The van der Waals surface area contributed by atoms with Crippen molar-refractivity contribution in [2.24, 2.45) is 0 Å². The van der Waals surface area contributed by atoms with Crippen LogP contribution in [0.5, 0.6) is 11.5 Å². The van der Waals surface area contributed by atoms with Gasteiger partial charge in [0.15, 0.2) is 11.6 Å². The third kappa shape index (κ3) is 2.56. The maximum absolute atomic E-state index is 12.9. The summed E-state index contributed by atoms with van der Waals surface area (Å²) in [5, 5.41) is 9.30. The highest BCUT2D eigenvalue weighted by Gasteiger charge is 2.03. The molecule has 0 bridgehead atoms. The normalized spacial score (nSPS) is 10.2. The van der Waals surface area contributed by atoms with E-state index in [1.54, 1.807) is 6.07 Å². The van der Waals surface area contributed by atoms with Gasteiger partial charge in [-0.3, -0.25) is 0 Å². The lowest BCUT2D eigenvalue weighted by Gasteiger charge is -2.06. The molecular weight excluding hydrogens is 219 g/mol. The van der Waals surface area contributed by atoms with Crippen LogP contribution in [0.3, 0.4) is 0 Å². The molecule has 0 heterocycles. The zero-order valence-corrected chi connectivity index (χ0v) is 9.48. The third-order valence-electron chi connectivity index (χ3n) is 2.44. The standard InChI is InChI=1S/C14H13FO2/c1-2-17-12-6-3-10(4-7-12)11-5-8-13(15)14(16)9-11/h3-9,16H,2H2,1H3. The van der Waals surface area contributed by atoms with E-state index in [9.17, 15) is 9.50 Å². The van der Waals surface area contributed by atoms with Crippen molar-refractivity contribution in [1.82, 2.24) is 0 Å². The molecular formula is C14H13FO2. The second kappa shape index (κ2) is 4.87. The molecule has 88 valence electrons. The first-order valence-corrected chi connectivity index (χ1v) is 5.42. The molecule has 0 aliphatic heterocycles. The maximum Gasteiger partial charge on any atom is 0.164 e. The Morgan fingerprint density at radius 1 is 1.06 bits per heavy atom. The second-order valence-electron chi connectivity index (χ2n) is 3.62. The third-order valence-corrected chi connectivity index (χ3v) is 2.44. The molecule has 17 heavy (non-hydrogen) atoms. The van der Waals surface area contributed by atoms with E-state index in [0.717, 1.165) is 16.9 Å². The number of rotatable bonds is 3. The largest absolute Gasteiger partial charge is 0.505 e. The van der Waals surface area contributed by atoms with Gasteiger partial charge in [0.25, 0.3) is 0 Å². The molecule has 2 rings (SSSR count). The second-order valence-corrected chi connectivity index (χ2v) is 3.62. The lowest BCUT2D eigenvalue weighted by molar-refractivity contribution is 0.340. The minimum atomic E-state index is -0.611. The molecule has 2 aromatic rings. The number of phenolic OH excluding ortho intramolecular Hbond substituents is 1. The van der Waals surface area contributed by atoms with Crippen molar-refractivity contribution in [2.75, 3.05) is 6.61 Å². The van der Waals surface area contributed by atoms with E-state index in [1.807, 2.05) is 31.2 Å². The predicted octanol–water partition coefficient (Wildman–Crippen LogP) is 3.60. The first-order valence-electron chi connectivity index (χ1n) is 5.42. The molecule has 2 aromatic carbocycles. The highest BCUT2D eigenvalue weighted by atomic mass is 19.1. The fourth-order valence-electron chi connectivity index (χ4n) is 1.60. The van der Waals surface area contributed by atoms with Crippen molar-refractivity contribution < 1.29 is 14.2 Å². The van der Waals surface area contributed by atoms with E-state index in [2.05, 4.69) is 0 Å². The number of halogens is 1. The quantitative estimate of drug-likeness (QED) is 0.876. The number of hydrogen-bond donors (Lipinski definition) is 1. The Morgan fingerprint density at radius 2 is 1.71 bits per heavy atom. The molecule has 0 saturated heterocycles. The van der Waals surface area contributed by atoms with Gasteiger partial charge >= 0.3 is 0 Å². The molecule has 0 radical (unpaired) electrons. The van der Waals surface area contributed by atoms with Crippen molar-refractivity contribution in [1.29, 1.82) is 0 Å². The summed E-state index contributed by atoms with van der Waals surface area (Å²) in [5.41, 5.74) is 1.68. The Bertz CT molecular complexity index is 506. The monoisotopic (exact) mass is 232 g/mol. The van der Waals surface area contributed by atoms with E-state index in [1.165, 1.54) is 12.1 Å². The summed E-state index contributed by atoms with van der Waals surface area (Å²) in [6.45, 7) is 2.54. The zero-order chi connectivity index (χ0) is 12.3. The maximum atomic E-state index is 12.9. The summed E-state index contributed by atoms with van der Waals surface area (Å²) in [7, 11) is 0. The average Bonchev–Trinajstić information content (AvgIpc) is 2.34. The molecule has 0 aromatic heterocycles. The molecule has 3 heteroatoms. The van der Waals surface area contributed by atoms with Crippen molar-refractivity contribution >= 4 is 0 Å². The summed E-state index contributed by atoms with van der Waals surface area (Å²) in [4.78, 5) is 0. The van der Waals surface area contributed by atoms with Crippen LogP contribution in [0.15, 0.2) is 42.5 Å². The highest BCUT2D eigenvalue weighted by molar-refractivity contribution is 5.65. The summed E-state index contributed by atoms with van der Waals surface area (Å²) in [6.07, 6.45) is 0. The summed E-state index contributed by atoms with van der Waals surface area (Å²) in [5.74, 6) is -0.154. The summed E-state index contributed by atoms with van der Waals surface area (Å²) >= 11 is 0. The van der Waals surface area contributed by atoms with Gasteiger partial charge in [-0.25, -0.2) is 4.39 Å². The highest BCUT2D eigenvalue weighted by Crippen LogP contribution is 2.26. The Morgan fingerprint density at radius 3 is 2.29 bits per heavy atom. The van der Waals surface area contributed by atoms with E-state index in [4.69, 9.17) is 4.74 Å². The van der Waals surface area contributed by atoms with Crippen LogP contribution in [-0.2, 0) is 0 Å². The number of benzene rings is 2. The molecule has 0 unspecified atom stereocenters. The van der Waals surface area contributed by atoms with Gasteiger partial charge in [-0.1, -0.05) is 18.2 Å². The number of aromatic hydroxyl groups is 1. The smallest absolute Gasteiger partial charge is 0.164 e. The van der Waals surface area contributed by atoms with Gasteiger partial charge in [0.2, 0.25) is 0 Å². The first kappa shape index (κ1) is 11.5. The van der Waals surface area contributed by atoms with E-state index in [-0.39, 0.29) is 5.75 Å². The molecule has 2 nitrogen and oxygen atoms in total. The molecule has 0 spiro atoms. The van der Waals surface area contributed by atoms with Crippen LogP contribution in [0.2, 0.25) is 0 Å². The molecule has 0 amide bonds. The molecule has 0 aliphatic rings. The fourth-order valence-corrected chi connectivity index (χ4v) is 1.60. The summed E-state index contributed by atoms with van der Waals surface area (Å²) < 4.78 is 18.2. The predicted molar refractivity (Wildman–Crippen MR) is 64.7 cm³/mol. The van der Waals surface area contributed by atoms with Gasteiger partial charge in [0.05, 0.1) is 6.61 Å². The van der Waals surface area contributed by atoms with E-state index in [0.29, 0.717) is 6.61 Å². The molecule has 0 saturated carbocycles. The number of ether oxygens (including phenoxy) is 1. The van der Waals surface area contributed by atoms with Crippen LogP contribution in [-0.4, -0.2) is 11.7 Å². The van der Waals surface area contributed by atoms with Gasteiger partial charge in [0, 0.05) is 0 Å². The van der Waals surface area contributed by atoms with Crippen molar-refractivity contribution in [2.45, 2.75) is 6.92 Å².